The van der Waals surface area contributed by atoms with E-state index in [0.717, 1.165) is 0 Å². The predicted octanol–water partition coefficient (Wildman–Crippen LogP) is -1.08. The summed E-state index contributed by atoms with van der Waals surface area (Å²) in [5, 5.41) is 8.31. The van der Waals surface area contributed by atoms with Crippen LogP contribution in [0, 0.1) is 0 Å². The van der Waals surface area contributed by atoms with E-state index in [1.807, 2.05) is 0 Å². The van der Waals surface area contributed by atoms with Crippen LogP contribution in [-0.2, 0) is 19.7 Å². The van der Waals surface area contributed by atoms with Crippen LogP contribution in [0.2, 0.25) is 0 Å². The summed E-state index contributed by atoms with van der Waals surface area (Å²) in [4.78, 5) is 10.1. The molecule has 8 heteroatoms. The largest absolute Gasteiger partial charge is 0.481 e. The maximum atomic E-state index is 11.1. The summed E-state index contributed by atoms with van der Waals surface area (Å²) in [6.45, 7) is 0.579. The molecule has 15 heavy (non-hydrogen) atoms. The number of methoxy groups -OCH3 is 1. The Hall–Kier alpha value is -0.700. The number of ether oxygens (including phenoxy) is 1. The lowest BCUT2D eigenvalue weighted by atomic mass is 10.3. The second kappa shape index (κ2) is 7.57. The highest BCUT2D eigenvalue weighted by atomic mass is 32.2. The summed E-state index contributed by atoms with van der Waals surface area (Å²) in [6, 6.07) is 0. The molecule has 0 aliphatic carbocycles. The van der Waals surface area contributed by atoms with Gasteiger partial charge < -0.3 is 9.84 Å². The van der Waals surface area contributed by atoms with Gasteiger partial charge in [0.05, 0.1) is 6.61 Å². The van der Waals surface area contributed by atoms with Crippen LogP contribution < -0.4 is 9.44 Å². The summed E-state index contributed by atoms with van der Waals surface area (Å²) < 4.78 is 31.4. The van der Waals surface area contributed by atoms with Gasteiger partial charge in [-0.25, -0.2) is 4.72 Å². The number of aliphatic carboxylic acids is 1. The highest BCUT2D eigenvalue weighted by Crippen LogP contribution is 1.87. The smallest absolute Gasteiger partial charge is 0.303 e. The Labute approximate surface area is 89.0 Å². The molecule has 90 valence electrons. The van der Waals surface area contributed by atoms with Crippen molar-refractivity contribution < 1.29 is 23.1 Å². The summed E-state index contributed by atoms with van der Waals surface area (Å²) in [5.74, 6) is -0.943. The molecule has 0 aromatic carbocycles. The molecule has 0 saturated carbocycles. The third kappa shape index (κ3) is 9.60. The van der Waals surface area contributed by atoms with E-state index in [1.165, 1.54) is 7.11 Å². The van der Waals surface area contributed by atoms with Crippen LogP contribution in [0.25, 0.3) is 0 Å². The van der Waals surface area contributed by atoms with Gasteiger partial charge in [-0.05, 0) is 6.42 Å². The van der Waals surface area contributed by atoms with Crippen LogP contribution in [0.15, 0.2) is 0 Å². The maximum Gasteiger partial charge on any atom is 0.303 e. The number of hydrogen-bond acceptors (Lipinski definition) is 4. The van der Waals surface area contributed by atoms with E-state index >= 15 is 0 Å². The molecule has 0 aliphatic rings. The van der Waals surface area contributed by atoms with Gasteiger partial charge in [0, 0.05) is 26.6 Å². The van der Waals surface area contributed by atoms with Crippen molar-refractivity contribution in [3.05, 3.63) is 0 Å². The van der Waals surface area contributed by atoms with Crippen LogP contribution >= 0.6 is 0 Å². The highest BCUT2D eigenvalue weighted by Gasteiger charge is 2.07. The minimum Gasteiger partial charge on any atom is -0.481 e. The van der Waals surface area contributed by atoms with E-state index < -0.39 is 16.2 Å². The molecular weight excluding hydrogens is 224 g/mol. The first-order valence-electron chi connectivity index (χ1n) is 4.43. The van der Waals surface area contributed by atoms with E-state index in [9.17, 15) is 13.2 Å². The van der Waals surface area contributed by atoms with Crippen molar-refractivity contribution in [2.75, 3.05) is 26.8 Å². The van der Waals surface area contributed by atoms with Crippen molar-refractivity contribution >= 4 is 16.2 Å². The van der Waals surface area contributed by atoms with Gasteiger partial charge >= 0.3 is 5.97 Å². The zero-order valence-corrected chi connectivity index (χ0v) is 9.34. The summed E-state index contributed by atoms with van der Waals surface area (Å²) in [6.07, 6.45) is 0.209. The van der Waals surface area contributed by atoms with Crippen molar-refractivity contribution in [2.45, 2.75) is 12.8 Å². The van der Waals surface area contributed by atoms with Crippen molar-refractivity contribution in [1.82, 2.24) is 9.44 Å². The van der Waals surface area contributed by atoms with Crippen molar-refractivity contribution in [2.24, 2.45) is 0 Å². The Bertz CT molecular complexity index is 277. The SMILES string of the molecule is COCCNS(=O)(=O)NCCCC(=O)O. The number of hydrogen-bond donors (Lipinski definition) is 3. The highest BCUT2D eigenvalue weighted by molar-refractivity contribution is 7.87. The van der Waals surface area contributed by atoms with Crippen LogP contribution in [0.3, 0.4) is 0 Å². The maximum absolute atomic E-state index is 11.1. The molecule has 3 N–H and O–H groups in total. The molecule has 0 heterocycles. The van der Waals surface area contributed by atoms with Gasteiger partial charge in [0.15, 0.2) is 0 Å². The molecule has 0 bridgehead atoms. The molecule has 0 saturated heterocycles. The Morgan fingerprint density at radius 3 is 2.47 bits per heavy atom. The first-order chi connectivity index (χ1) is 6.98. The summed E-state index contributed by atoms with van der Waals surface area (Å²) >= 11 is 0. The predicted molar refractivity (Wildman–Crippen MR) is 53.7 cm³/mol. The molecule has 0 rings (SSSR count). The van der Waals surface area contributed by atoms with Gasteiger partial charge in [0.1, 0.15) is 0 Å². The first kappa shape index (κ1) is 14.3. The number of carbonyl (C=O) groups is 1. The average Bonchev–Trinajstić information content (AvgIpc) is 2.13. The Morgan fingerprint density at radius 2 is 1.93 bits per heavy atom. The topological polar surface area (TPSA) is 105 Å². The lowest BCUT2D eigenvalue weighted by Crippen LogP contribution is -2.38. The Kier molecular flexibility index (Phi) is 7.22. The van der Waals surface area contributed by atoms with E-state index in [0.29, 0.717) is 0 Å². The minimum absolute atomic E-state index is 0.0550. The molecule has 0 fully saturated rings. The van der Waals surface area contributed by atoms with Gasteiger partial charge in [0.2, 0.25) is 0 Å². The van der Waals surface area contributed by atoms with Gasteiger partial charge in [-0.3, -0.25) is 4.79 Å². The molecule has 0 spiro atoms. The van der Waals surface area contributed by atoms with Crippen LogP contribution in [-0.4, -0.2) is 46.3 Å². The minimum atomic E-state index is -3.52. The van der Waals surface area contributed by atoms with Gasteiger partial charge in [-0.2, -0.15) is 13.1 Å². The van der Waals surface area contributed by atoms with E-state index in [2.05, 4.69) is 14.2 Å². The fraction of sp³-hybridized carbons (Fsp3) is 0.857. The second-order valence-corrected chi connectivity index (χ2v) is 4.37. The molecule has 0 aromatic heterocycles. The number of rotatable bonds is 9. The van der Waals surface area contributed by atoms with Crippen LogP contribution in [0.1, 0.15) is 12.8 Å². The lowest BCUT2D eigenvalue weighted by Gasteiger charge is -2.06. The van der Waals surface area contributed by atoms with Crippen molar-refractivity contribution in [3.8, 4) is 0 Å². The summed E-state index contributed by atoms with van der Waals surface area (Å²) in [7, 11) is -2.06. The zero-order valence-electron chi connectivity index (χ0n) is 8.52. The fourth-order valence-electron chi connectivity index (χ4n) is 0.775. The number of nitrogens with one attached hydrogen (secondary N) is 2. The van der Waals surface area contributed by atoms with Crippen LogP contribution in [0.4, 0.5) is 0 Å². The number of carboxylic acids is 1. The van der Waals surface area contributed by atoms with Gasteiger partial charge in [-0.15, -0.1) is 0 Å². The Balaban J connectivity index is 3.60. The molecule has 0 unspecified atom stereocenters. The fourth-order valence-corrected chi connectivity index (χ4v) is 1.64. The molecule has 0 atom stereocenters. The summed E-state index contributed by atoms with van der Waals surface area (Å²) in [5.41, 5.74) is 0. The molecule has 7 nitrogen and oxygen atoms in total. The monoisotopic (exact) mass is 240 g/mol. The standard InChI is InChI=1S/C7H16N2O5S/c1-14-6-5-9-15(12,13)8-4-2-3-7(10)11/h8-9H,2-6H2,1H3,(H,10,11). The Morgan fingerprint density at radius 1 is 1.33 bits per heavy atom. The van der Waals surface area contributed by atoms with E-state index in [4.69, 9.17) is 5.11 Å². The van der Waals surface area contributed by atoms with Crippen molar-refractivity contribution in [1.29, 1.82) is 0 Å². The van der Waals surface area contributed by atoms with Crippen LogP contribution in [0.5, 0.6) is 0 Å². The molecule has 0 aromatic rings. The third-order valence-corrected chi connectivity index (χ3v) is 2.63. The molecular formula is C7H16N2O5S. The zero-order chi connectivity index (χ0) is 11.7. The van der Waals surface area contributed by atoms with Crippen molar-refractivity contribution in [3.63, 3.8) is 0 Å². The molecule has 0 radical (unpaired) electrons. The molecule has 0 amide bonds. The van der Waals surface area contributed by atoms with E-state index in [-0.39, 0.29) is 32.5 Å². The van der Waals surface area contributed by atoms with Gasteiger partial charge in [-0.1, -0.05) is 0 Å². The third-order valence-electron chi connectivity index (χ3n) is 1.46. The average molecular weight is 240 g/mol. The number of carboxylic acid groups (broad SMARTS) is 1. The van der Waals surface area contributed by atoms with Gasteiger partial charge in [0.25, 0.3) is 10.2 Å². The lowest BCUT2D eigenvalue weighted by molar-refractivity contribution is -0.137. The van der Waals surface area contributed by atoms with E-state index in [1.54, 1.807) is 0 Å². The second-order valence-electron chi connectivity index (χ2n) is 2.78. The quantitative estimate of drug-likeness (QED) is 0.445. The molecule has 0 aliphatic heterocycles. The normalized spacial score (nSPS) is 11.5. The first-order valence-corrected chi connectivity index (χ1v) is 5.91.